The van der Waals surface area contributed by atoms with Crippen molar-refractivity contribution >= 4 is 35.5 Å². The van der Waals surface area contributed by atoms with Gasteiger partial charge >= 0.3 is 12.1 Å². The van der Waals surface area contributed by atoms with Crippen molar-refractivity contribution in [3.8, 4) is 0 Å². The van der Waals surface area contributed by atoms with Crippen LogP contribution in [0.4, 0.5) is 4.79 Å². The van der Waals surface area contributed by atoms with Crippen LogP contribution in [0.2, 0.25) is 5.02 Å². The molecule has 1 heterocycles. The number of alkyl carbamates (subject to hydrolysis) is 1. The first-order chi connectivity index (χ1) is 18.3. The highest BCUT2D eigenvalue weighted by molar-refractivity contribution is 6.30. The third-order valence-electron chi connectivity index (χ3n) is 8.19. The molecule has 38 heavy (non-hydrogen) atoms. The molecule has 1 saturated heterocycles. The van der Waals surface area contributed by atoms with Crippen molar-refractivity contribution in [3.63, 3.8) is 0 Å². The number of hydrogen-bond acceptors (Lipinski definition) is 6. The minimum absolute atomic E-state index is 0.00743. The molecule has 0 aromatic heterocycles. The van der Waals surface area contributed by atoms with Gasteiger partial charge in [-0.3, -0.25) is 9.59 Å². The number of benzene rings is 1. The topological polar surface area (TPSA) is 123 Å². The average Bonchev–Trinajstić information content (AvgIpc) is 3.23. The summed E-state index contributed by atoms with van der Waals surface area (Å²) in [6, 6.07) is 5.12. The number of ether oxygens (including phenoxy) is 2. The Morgan fingerprint density at radius 3 is 2.47 bits per heavy atom. The van der Waals surface area contributed by atoms with Crippen molar-refractivity contribution in [1.82, 2.24) is 16.0 Å². The number of halogens is 1. The lowest BCUT2D eigenvalue weighted by Gasteiger charge is -2.38. The van der Waals surface area contributed by atoms with E-state index >= 15 is 0 Å². The molecule has 3 fully saturated rings. The van der Waals surface area contributed by atoms with Crippen LogP contribution in [0.1, 0.15) is 76.2 Å². The fourth-order valence-corrected chi connectivity index (χ4v) is 6.18. The Labute approximate surface area is 228 Å². The highest BCUT2D eigenvalue weighted by Crippen LogP contribution is 2.42. The van der Waals surface area contributed by atoms with Gasteiger partial charge in [-0.2, -0.15) is 0 Å². The van der Waals surface area contributed by atoms with Crippen LogP contribution >= 0.6 is 11.6 Å². The predicted octanol–water partition coefficient (Wildman–Crippen LogP) is 4.01. The van der Waals surface area contributed by atoms with E-state index in [1.807, 2.05) is 0 Å². The maximum atomic E-state index is 13.4. The maximum Gasteiger partial charge on any atom is 0.408 e. The number of carbonyl (C=O) groups excluding carboxylic acids is 4. The molecule has 9 nitrogen and oxygen atoms in total. The van der Waals surface area contributed by atoms with Gasteiger partial charge in [0.05, 0.1) is 7.11 Å². The summed E-state index contributed by atoms with van der Waals surface area (Å²) in [6.45, 7) is 0.00743. The number of hydrogen-bond donors (Lipinski definition) is 3. The average molecular weight is 548 g/mol. The number of esters is 1. The zero-order valence-electron chi connectivity index (χ0n) is 21.9. The Morgan fingerprint density at radius 1 is 1.08 bits per heavy atom. The van der Waals surface area contributed by atoms with Crippen LogP contribution in [0.25, 0.3) is 0 Å². The Morgan fingerprint density at radius 2 is 1.84 bits per heavy atom. The molecule has 3 atom stereocenters. The van der Waals surface area contributed by atoms with Crippen LogP contribution in [0.5, 0.6) is 0 Å². The van der Waals surface area contributed by atoms with E-state index in [9.17, 15) is 19.2 Å². The van der Waals surface area contributed by atoms with Crippen molar-refractivity contribution < 1.29 is 28.7 Å². The zero-order valence-corrected chi connectivity index (χ0v) is 22.7. The lowest BCUT2D eigenvalue weighted by Crippen LogP contribution is -2.53. The fraction of sp³-hybridized carbons (Fsp3) is 0.643. The molecule has 2 saturated carbocycles. The first kappa shape index (κ1) is 28.2. The van der Waals surface area contributed by atoms with Gasteiger partial charge in [0.2, 0.25) is 11.8 Å². The lowest BCUT2D eigenvalue weighted by atomic mass is 9.74. The molecule has 1 aliphatic heterocycles. The van der Waals surface area contributed by atoms with E-state index in [1.165, 1.54) is 7.11 Å². The van der Waals surface area contributed by atoms with Gasteiger partial charge in [0.1, 0.15) is 18.7 Å². The van der Waals surface area contributed by atoms with Gasteiger partial charge in [-0.25, -0.2) is 9.59 Å². The Kier molecular flexibility index (Phi) is 9.52. The summed E-state index contributed by atoms with van der Waals surface area (Å²) in [4.78, 5) is 51.3. The molecule has 10 heteroatoms. The van der Waals surface area contributed by atoms with E-state index in [1.54, 1.807) is 24.3 Å². The molecule has 2 unspecified atom stereocenters. The first-order valence-electron chi connectivity index (χ1n) is 13.6. The Hall–Kier alpha value is -2.81. The third kappa shape index (κ3) is 7.40. The van der Waals surface area contributed by atoms with Crippen molar-refractivity contribution in [2.75, 3.05) is 7.11 Å². The van der Waals surface area contributed by atoms with Gasteiger partial charge < -0.3 is 25.4 Å². The smallest absolute Gasteiger partial charge is 0.408 e. The first-order valence-corrected chi connectivity index (χ1v) is 14.0. The minimum Gasteiger partial charge on any atom is -0.467 e. The van der Waals surface area contributed by atoms with Gasteiger partial charge in [-0.15, -0.1) is 0 Å². The lowest BCUT2D eigenvalue weighted by molar-refractivity contribution is -0.146. The van der Waals surface area contributed by atoms with E-state index < -0.39 is 30.1 Å². The maximum absolute atomic E-state index is 13.4. The molecule has 0 bridgehead atoms. The van der Waals surface area contributed by atoms with Crippen LogP contribution in [0.3, 0.4) is 0 Å². The largest absolute Gasteiger partial charge is 0.467 e. The van der Waals surface area contributed by atoms with Gasteiger partial charge in [0, 0.05) is 16.5 Å². The molecular weight excluding hydrogens is 510 g/mol. The van der Waals surface area contributed by atoms with E-state index in [-0.39, 0.29) is 36.3 Å². The number of carbonyl (C=O) groups is 4. The van der Waals surface area contributed by atoms with Crippen LogP contribution in [0.15, 0.2) is 24.3 Å². The Balaban J connectivity index is 1.40. The molecule has 4 rings (SSSR count). The quantitative estimate of drug-likeness (QED) is 0.380. The summed E-state index contributed by atoms with van der Waals surface area (Å²) >= 11 is 6.01. The van der Waals surface area contributed by atoms with Crippen molar-refractivity contribution in [3.05, 3.63) is 34.9 Å². The summed E-state index contributed by atoms with van der Waals surface area (Å²) in [5.41, 5.74) is 0.565. The normalized spacial score (nSPS) is 22.1. The molecule has 0 radical (unpaired) electrons. The van der Waals surface area contributed by atoms with E-state index in [2.05, 4.69) is 16.0 Å². The van der Waals surface area contributed by atoms with Crippen LogP contribution in [0, 0.1) is 11.8 Å². The summed E-state index contributed by atoms with van der Waals surface area (Å²) in [6.07, 6.45) is 8.77. The van der Waals surface area contributed by atoms with Gasteiger partial charge in [0.15, 0.2) is 0 Å². The predicted molar refractivity (Wildman–Crippen MR) is 141 cm³/mol. The monoisotopic (exact) mass is 547 g/mol. The van der Waals surface area contributed by atoms with E-state index in [0.29, 0.717) is 17.9 Å². The molecule has 3 aliphatic rings. The molecule has 1 aromatic carbocycles. The van der Waals surface area contributed by atoms with Crippen molar-refractivity contribution in [1.29, 1.82) is 0 Å². The molecule has 3 N–H and O–H groups in total. The standard InChI is InChI=1S/C28H38ClN3O6/c1-37-26(35)23(15-20-16-28(11-6-12-28)32-24(20)33)30-25(34)22(14-18-7-3-2-4-8-18)31-27(36)38-17-19-9-5-10-21(29)13-19/h5,9-10,13,18,20,22-23H,2-4,6-8,11-12,14-17H2,1H3,(H,30,34)(H,31,36)(H,32,33)/t20?,22-,23?/m0/s1. The molecule has 1 aromatic rings. The van der Waals surface area contributed by atoms with Gasteiger partial charge in [-0.05, 0) is 62.1 Å². The second-order valence-electron chi connectivity index (χ2n) is 11.0. The summed E-state index contributed by atoms with van der Waals surface area (Å²) in [7, 11) is 1.26. The highest BCUT2D eigenvalue weighted by Gasteiger charge is 2.48. The molecule has 1 spiro atoms. The van der Waals surface area contributed by atoms with Gasteiger partial charge in [-0.1, -0.05) is 55.8 Å². The highest BCUT2D eigenvalue weighted by atomic mass is 35.5. The molecular formula is C28H38ClN3O6. The van der Waals surface area contributed by atoms with Gasteiger partial charge in [0.25, 0.3) is 0 Å². The van der Waals surface area contributed by atoms with Crippen LogP contribution in [-0.2, 0) is 30.5 Å². The van der Waals surface area contributed by atoms with Crippen LogP contribution in [-0.4, -0.2) is 48.6 Å². The number of methoxy groups -OCH3 is 1. The second kappa shape index (κ2) is 12.8. The second-order valence-corrected chi connectivity index (χ2v) is 11.4. The third-order valence-corrected chi connectivity index (χ3v) is 8.43. The SMILES string of the molecule is COC(=O)C(CC1CC2(CCC2)NC1=O)NC(=O)[C@H](CC1CCCCC1)NC(=O)OCc1cccc(Cl)c1. The number of nitrogens with one attached hydrogen (secondary N) is 3. The zero-order chi connectivity index (χ0) is 27.1. The Bertz CT molecular complexity index is 1020. The minimum atomic E-state index is -0.989. The number of rotatable bonds is 10. The summed E-state index contributed by atoms with van der Waals surface area (Å²) in [5, 5.41) is 9.10. The number of amides is 3. The van der Waals surface area contributed by atoms with E-state index in [4.69, 9.17) is 21.1 Å². The molecule has 208 valence electrons. The van der Waals surface area contributed by atoms with Crippen LogP contribution < -0.4 is 16.0 Å². The van der Waals surface area contributed by atoms with E-state index in [0.717, 1.165) is 56.9 Å². The van der Waals surface area contributed by atoms with Crippen molar-refractivity contribution in [2.45, 2.75) is 94.9 Å². The summed E-state index contributed by atoms with van der Waals surface area (Å²) in [5.74, 6) is -1.28. The fourth-order valence-electron chi connectivity index (χ4n) is 5.96. The van der Waals surface area contributed by atoms with Crippen molar-refractivity contribution in [2.24, 2.45) is 11.8 Å². The molecule has 3 amide bonds. The molecule has 2 aliphatic carbocycles. The summed E-state index contributed by atoms with van der Waals surface area (Å²) < 4.78 is 10.3.